The molecule has 3 amide bonds. The molecule has 1 aromatic rings. The molecule has 2 N–H and O–H groups in total. The van der Waals surface area contributed by atoms with E-state index < -0.39 is 0 Å². The lowest BCUT2D eigenvalue weighted by Crippen LogP contribution is -2.33. The van der Waals surface area contributed by atoms with Crippen molar-refractivity contribution in [3.63, 3.8) is 0 Å². The lowest BCUT2D eigenvalue weighted by Gasteiger charge is -2.15. The molecule has 0 radical (unpaired) electrons. The molecule has 1 saturated carbocycles. The first-order chi connectivity index (χ1) is 11.9. The highest BCUT2D eigenvalue weighted by molar-refractivity contribution is 6.03. The van der Waals surface area contributed by atoms with Crippen LogP contribution in [0.4, 0.5) is 5.69 Å². The van der Waals surface area contributed by atoms with E-state index in [4.69, 9.17) is 0 Å². The molecule has 6 heteroatoms. The van der Waals surface area contributed by atoms with Crippen molar-refractivity contribution < 1.29 is 14.4 Å². The van der Waals surface area contributed by atoms with Crippen LogP contribution in [0.2, 0.25) is 0 Å². The third-order valence-corrected chi connectivity index (χ3v) is 4.64. The summed E-state index contributed by atoms with van der Waals surface area (Å²) in [5.74, 6) is -0.294. The van der Waals surface area contributed by atoms with Crippen LogP contribution in [0.1, 0.15) is 36.8 Å². The number of rotatable bonds is 6. The molecule has 2 fully saturated rings. The van der Waals surface area contributed by atoms with E-state index in [1.54, 1.807) is 0 Å². The molecule has 1 saturated heterocycles. The van der Waals surface area contributed by atoms with Gasteiger partial charge < -0.3 is 15.5 Å². The number of benzene rings is 1. The van der Waals surface area contributed by atoms with E-state index in [0.29, 0.717) is 24.7 Å². The van der Waals surface area contributed by atoms with E-state index in [1.807, 2.05) is 36.9 Å². The SMILES string of the molecule is Cc1cc(C)cc(NC(=O)CC(=O)NC[C@@H]2CC(=O)N(C3CC3)C2)c1. The number of nitrogens with one attached hydrogen (secondary N) is 2. The highest BCUT2D eigenvalue weighted by Crippen LogP contribution is 2.32. The number of carbonyl (C=O) groups is 3. The van der Waals surface area contributed by atoms with Gasteiger partial charge in [0, 0.05) is 37.2 Å². The lowest BCUT2D eigenvalue weighted by atomic mass is 10.1. The summed E-state index contributed by atoms with van der Waals surface area (Å²) in [5.41, 5.74) is 2.83. The van der Waals surface area contributed by atoms with Crippen LogP contribution in [0.5, 0.6) is 0 Å². The third kappa shape index (κ3) is 4.81. The molecule has 1 heterocycles. The standard InChI is InChI=1S/C19H25N3O3/c1-12-5-13(2)7-15(6-12)21-18(24)9-17(23)20-10-14-8-19(25)22(11-14)16-3-4-16/h5-7,14,16H,3-4,8-11H2,1-2H3,(H,20,23)(H,21,24)/t14-/m0/s1. The summed E-state index contributed by atoms with van der Waals surface area (Å²) in [6, 6.07) is 6.20. The van der Waals surface area contributed by atoms with Crippen LogP contribution in [0, 0.1) is 19.8 Å². The molecule has 0 unspecified atom stereocenters. The van der Waals surface area contributed by atoms with Gasteiger partial charge in [-0.2, -0.15) is 0 Å². The van der Waals surface area contributed by atoms with Gasteiger partial charge in [-0.3, -0.25) is 14.4 Å². The Hall–Kier alpha value is -2.37. The summed E-state index contributed by atoms with van der Waals surface area (Å²) < 4.78 is 0. The molecule has 1 aromatic carbocycles. The Labute approximate surface area is 148 Å². The van der Waals surface area contributed by atoms with E-state index >= 15 is 0 Å². The number of likely N-dealkylation sites (tertiary alicyclic amines) is 1. The number of hydrogen-bond acceptors (Lipinski definition) is 3. The van der Waals surface area contributed by atoms with Gasteiger partial charge in [-0.05, 0) is 49.9 Å². The second-order valence-electron chi connectivity index (χ2n) is 7.25. The molecule has 0 aromatic heterocycles. The maximum Gasteiger partial charge on any atom is 0.233 e. The molecule has 6 nitrogen and oxygen atoms in total. The quantitative estimate of drug-likeness (QED) is 0.773. The zero-order chi connectivity index (χ0) is 18.0. The molecule has 0 spiro atoms. The second-order valence-corrected chi connectivity index (χ2v) is 7.25. The Morgan fingerprint density at radius 2 is 1.80 bits per heavy atom. The molecular weight excluding hydrogens is 318 g/mol. The minimum absolute atomic E-state index is 0.152. The van der Waals surface area contributed by atoms with Crippen LogP contribution in [0.15, 0.2) is 18.2 Å². The average Bonchev–Trinajstić information content (AvgIpc) is 3.27. The summed E-state index contributed by atoms with van der Waals surface area (Å²) in [6.45, 7) is 5.09. The number of hydrogen-bond donors (Lipinski definition) is 2. The highest BCUT2D eigenvalue weighted by Gasteiger charge is 2.39. The van der Waals surface area contributed by atoms with Gasteiger partial charge in [-0.25, -0.2) is 0 Å². The van der Waals surface area contributed by atoms with Gasteiger partial charge in [0.05, 0.1) is 0 Å². The number of nitrogens with zero attached hydrogens (tertiary/aromatic N) is 1. The molecular formula is C19H25N3O3. The van der Waals surface area contributed by atoms with Crippen LogP contribution in [-0.2, 0) is 14.4 Å². The Kier molecular flexibility index (Phi) is 5.06. The van der Waals surface area contributed by atoms with Crippen LogP contribution < -0.4 is 10.6 Å². The van der Waals surface area contributed by atoms with Gasteiger partial charge in [0.2, 0.25) is 17.7 Å². The van der Waals surface area contributed by atoms with Crippen molar-refractivity contribution in [3.05, 3.63) is 29.3 Å². The molecule has 3 rings (SSSR count). The van der Waals surface area contributed by atoms with Crippen molar-refractivity contribution in [2.75, 3.05) is 18.4 Å². The van der Waals surface area contributed by atoms with Crippen molar-refractivity contribution in [2.45, 2.75) is 45.6 Å². The van der Waals surface area contributed by atoms with Gasteiger partial charge in [0.1, 0.15) is 6.42 Å². The monoisotopic (exact) mass is 343 g/mol. The topological polar surface area (TPSA) is 78.5 Å². The average molecular weight is 343 g/mol. The number of carbonyl (C=O) groups excluding carboxylic acids is 3. The molecule has 1 aliphatic carbocycles. The third-order valence-electron chi connectivity index (χ3n) is 4.64. The fourth-order valence-corrected chi connectivity index (χ4v) is 3.40. The van der Waals surface area contributed by atoms with Crippen LogP contribution in [0.3, 0.4) is 0 Å². The van der Waals surface area contributed by atoms with Crippen molar-refractivity contribution in [3.8, 4) is 0 Å². The molecule has 1 aliphatic heterocycles. The Morgan fingerprint density at radius 1 is 1.12 bits per heavy atom. The van der Waals surface area contributed by atoms with Crippen molar-refractivity contribution >= 4 is 23.4 Å². The Bertz CT molecular complexity index is 677. The fraction of sp³-hybridized carbons (Fsp3) is 0.526. The predicted molar refractivity (Wildman–Crippen MR) is 95.0 cm³/mol. The largest absolute Gasteiger partial charge is 0.355 e. The minimum atomic E-state index is -0.329. The van der Waals surface area contributed by atoms with Crippen LogP contribution >= 0.6 is 0 Å². The molecule has 0 bridgehead atoms. The van der Waals surface area contributed by atoms with Crippen molar-refractivity contribution in [1.82, 2.24) is 10.2 Å². The maximum absolute atomic E-state index is 12.0. The normalized spacial score (nSPS) is 19.8. The van der Waals surface area contributed by atoms with Crippen LogP contribution in [-0.4, -0.2) is 41.8 Å². The predicted octanol–water partition coefficient (Wildman–Crippen LogP) is 1.76. The summed E-state index contributed by atoms with van der Waals surface area (Å²) in [4.78, 5) is 37.8. The number of anilines is 1. The first-order valence-corrected chi connectivity index (χ1v) is 8.85. The molecule has 25 heavy (non-hydrogen) atoms. The Balaban J connectivity index is 1.41. The van der Waals surface area contributed by atoms with E-state index in [1.165, 1.54) is 0 Å². The zero-order valence-electron chi connectivity index (χ0n) is 14.8. The second kappa shape index (κ2) is 7.25. The minimum Gasteiger partial charge on any atom is -0.355 e. The highest BCUT2D eigenvalue weighted by atomic mass is 16.2. The number of aryl methyl sites for hydroxylation is 2. The molecule has 2 aliphatic rings. The van der Waals surface area contributed by atoms with E-state index in [2.05, 4.69) is 10.6 Å². The van der Waals surface area contributed by atoms with E-state index in [0.717, 1.165) is 30.5 Å². The number of amides is 3. The first-order valence-electron chi connectivity index (χ1n) is 8.85. The zero-order valence-corrected chi connectivity index (χ0v) is 14.8. The summed E-state index contributed by atoms with van der Waals surface area (Å²) in [5, 5.41) is 5.54. The molecule has 134 valence electrons. The first kappa shape index (κ1) is 17.5. The molecule has 1 atom stereocenters. The van der Waals surface area contributed by atoms with Crippen molar-refractivity contribution in [2.24, 2.45) is 5.92 Å². The Morgan fingerprint density at radius 3 is 2.44 bits per heavy atom. The lowest BCUT2D eigenvalue weighted by molar-refractivity contribution is -0.129. The summed E-state index contributed by atoms with van der Waals surface area (Å²) >= 11 is 0. The van der Waals surface area contributed by atoms with Gasteiger partial charge in [-0.1, -0.05) is 6.07 Å². The maximum atomic E-state index is 12.0. The summed E-state index contributed by atoms with van der Waals surface area (Å²) in [6.07, 6.45) is 2.48. The summed E-state index contributed by atoms with van der Waals surface area (Å²) in [7, 11) is 0. The van der Waals surface area contributed by atoms with Gasteiger partial charge in [0.25, 0.3) is 0 Å². The van der Waals surface area contributed by atoms with Gasteiger partial charge >= 0.3 is 0 Å². The van der Waals surface area contributed by atoms with Gasteiger partial charge in [-0.15, -0.1) is 0 Å². The fourth-order valence-electron chi connectivity index (χ4n) is 3.40. The van der Waals surface area contributed by atoms with Crippen LogP contribution in [0.25, 0.3) is 0 Å². The van der Waals surface area contributed by atoms with Gasteiger partial charge in [0.15, 0.2) is 0 Å². The van der Waals surface area contributed by atoms with E-state index in [-0.39, 0.29) is 30.1 Å². The van der Waals surface area contributed by atoms with Crippen molar-refractivity contribution in [1.29, 1.82) is 0 Å². The van der Waals surface area contributed by atoms with E-state index in [9.17, 15) is 14.4 Å². The smallest absolute Gasteiger partial charge is 0.233 e.